The van der Waals surface area contributed by atoms with Crippen molar-refractivity contribution in [2.24, 2.45) is 5.41 Å². The minimum atomic E-state index is 0.374. The molecule has 0 saturated carbocycles. The molecule has 2 aliphatic rings. The van der Waals surface area contributed by atoms with Gasteiger partial charge < -0.3 is 15.0 Å². The van der Waals surface area contributed by atoms with Crippen LogP contribution < -0.4 is 5.32 Å². The van der Waals surface area contributed by atoms with Crippen LogP contribution in [0.15, 0.2) is 0 Å². The number of likely N-dealkylation sites (tertiary alicyclic amines) is 1. The van der Waals surface area contributed by atoms with E-state index >= 15 is 0 Å². The van der Waals surface area contributed by atoms with Gasteiger partial charge in [-0.25, -0.2) is 0 Å². The monoisotopic (exact) mass is 254 g/mol. The van der Waals surface area contributed by atoms with Gasteiger partial charge in [0.2, 0.25) is 0 Å². The Bertz CT molecular complexity index is 219. The molecule has 1 unspecified atom stereocenters. The topological polar surface area (TPSA) is 24.5 Å². The molecule has 1 N–H and O–H groups in total. The van der Waals surface area contributed by atoms with Crippen LogP contribution in [0.25, 0.3) is 0 Å². The van der Waals surface area contributed by atoms with Gasteiger partial charge in [-0.2, -0.15) is 0 Å². The van der Waals surface area contributed by atoms with Crippen molar-refractivity contribution in [1.82, 2.24) is 10.2 Å². The van der Waals surface area contributed by atoms with Crippen LogP contribution in [0.4, 0.5) is 0 Å². The van der Waals surface area contributed by atoms with Crippen molar-refractivity contribution < 1.29 is 4.74 Å². The number of rotatable bonds is 5. The van der Waals surface area contributed by atoms with Gasteiger partial charge in [0, 0.05) is 25.1 Å². The molecular formula is C15H30N2O. The highest BCUT2D eigenvalue weighted by atomic mass is 16.5. The van der Waals surface area contributed by atoms with E-state index in [2.05, 4.69) is 17.1 Å². The molecule has 0 aliphatic carbocycles. The zero-order valence-corrected chi connectivity index (χ0v) is 12.0. The van der Waals surface area contributed by atoms with Crippen molar-refractivity contribution in [3.05, 3.63) is 0 Å². The summed E-state index contributed by atoms with van der Waals surface area (Å²) in [5, 5.41) is 3.56. The largest absolute Gasteiger partial charge is 0.381 e. The lowest BCUT2D eigenvalue weighted by Crippen LogP contribution is -2.49. The van der Waals surface area contributed by atoms with E-state index in [1.54, 1.807) is 0 Å². The molecule has 1 atom stereocenters. The first-order chi connectivity index (χ1) is 8.85. The second kappa shape index (κ2) is 7.46. The van der Waals surface area contributed by atoms with Gasteiger partial charge >= 0.3 is 0 Å². The Balaban J connectivity index is 1.90. The van der Waals surface area contributed by atoms with Crippen molar-refractivity contribution in [2.75, 3.05) is 45.9 Å². The maximum atomic E-state index is 5.79. The molecule has 0 radical (unpaired) electrons. The highest BCUT2D eigenvalue weighted by Gasteiger charge is 2.34. The average molecular weight is 254 g/mol. The molecular weight excluding hydrogens is 224 g/mol. The van der Waals surface area contributed by atoms with Crippen molar-refractivity contribution in [2.45, 2.75) is 45.4 Å². The third kappa shape index (κ3) is 4.22. The quantitative estimate of drug-likeness (QED) is 0.814. The van der Waals surface area contributed by atoms with Gasteiger partial charge in [0.15, 0.2) is 0 Å². The summed E-state index contributed by atoms with van der Waals surface area (Å²) >= 11 is 0. The third-order valence-corrected chi connectivity index (χ3v) is 4.41. The van der Waals surface area contributed by atoms with Crippen LogP contribution in [0.1, 0.15) is 45.4 Å². The Kier molecular flexibility index (Phi) is 5.93. The molecule has 106 valence electrons. The van der Waals surface area contributed by atoms with E-state index < -0.39 is 0 Å². The van der Waals surface area contributed by atoms with Crippen LogP contribution >= 0.6 is 0 Å². The van der Waals surface area contributed by atoms with Crippen molar-refractivity contribution >= 4 is 0 Å². The predicted octanol–water partition coefficient (Wildman–Crippen LogP) is 2.27. The van der Waals surface area contributed by atoms with Crippen molar-refractivity contribution in [3.8, 4) is 0 Å². The van der Waals surface area contributed by atoms with Crippen LogP contribution in [0.5, 0.6) is 0 Å². The minimum Gasteiger partial charge on any atom is -0.381 e. The van der Waals surface area contributed by atoms with E-state index in [4.69, 9.17) is 4.74 Å². The average Bonchev–Trinajstić information content (AvgIpc) is 2.66. The number of hydrogen-bond donors (Lipinski definition) is 1. The van der Waals surface area contributed by atoms with Crippen LogP contribution in [0.2, 0.25) is 0 Å². The second-order valence-electron chi connectivity index (χ2n) is 6.13. The van der Waals surface area contributed by atoms with Gasteiger partial charge in [-0.15, -0.1) is 0 Å². The zero-order chi connectivity index (χ0) is 12.7. The standard InChI is InChI=1S/C15H30N2O/c1-2-16-12-15(8-7-11-18-14-15)13-17-9-5-3-4-6-10-17/h16H,2-14H2,1H3. The lowest BCUT2D eigenvalue weighted by molar-refractivity contribution is -0.0255. The van der Waals surface area contributed by atoms with Gasteiger partial charge in [0.1, 0.15) is 0 Å². The fourth-order valence-electron chi connectivity index (χ4n) is 3.39. The summed E-state index contributed by atoms with van der Waals surface area (Å²) in [6.07, 6.45) is 8.19. The summed E-state index contributed by atoms with van der Waals surface area (Å²) < 4.78 is 5.79. The first kappa shape index (κ1) is 14.3. The van der Waals surface area contributed by atoms with Crippen molar-refractivity contribution in [3.63, 3.8) is 0 Å². The van der Waals surface area contributed by atoms with Crippen LogP contribution in [-0.4, -0.2) is 50.8 Å². The maximum Gasteiger partial charge on any atom is 0.0546 e. The van der Waals surface area contributed by atoms with Gasteiger partial charge in [0.25, 0.3) is 0 Å². The van der Waals surface area contributed by atoms with Gasteiger partial charge in [-0.1, -0.05) is 19.8 Å². The molecule has 2 saturated heterocycles. The van der Waals surface area contributed by atoms with E-state index in [0.29, 0.717) is 5.41 Å². The van der Waals surface area contributed by atoms with Gasteiger partial charge in [0.05, 0.1) is 6.61 Å². The smallest absolute Gasteiger partial charge is 0.0546 e. The van der Waals surface area contributed by atoms with Gasteiger partial charge in [-0.3, -0.25) is 0 Å². The van der Waals surface area contributed by atoms with E-state index in [1.807, 2.05) is 0 Å². The second-order valence-corrected chi connectivity index (χ2v) is 6.13. The normalized spacial score (nSPS) is 31.2. The highest BCUT2D eigenvalue weighted by molar-refractivity contribution is 4.87. The lowest BCUT2D eigenvalue weighted by Gasteiger charge is -2.41. The summed E-state index contributed by atoms with van der Waals surface area (Å²) in [6.45, 7) is 10.1. The summed E-state index contributed by atoms with van der Waals surface area (Å²) in [7, 11) is 0. The minimum absolute atomic E-state index is 0.374. The number of ether oxygens (including phenoxy) is 1. The Hall–Kier alpha value is -0.120. The Labute approximate surface area is 112 Å². The van der Waals surface area contributed by atoms with E-state index in [9.17, 15) is 0 Å². The number of nitrogens with zero attached hydrogens (tertiary/aromatic N) is 1. The Morgan fingerprint density at radius 1 is 1.11 bits per heavy atom. The number of hydrogen-bond acceptors (Lipinski definition) is 3. The maximum absolute atomic E-state index is 5.79. The third-order valence-electron chi connectivity index (χ3n) is 4.41. The molecule has 0 amide bonds. The fourth-order valence-corrected chi connectivity index (χ4v) is 3.39. The molecule has 0 aromatic rings. The first-order valence-corrected chi connectivity index (χ1v) is 7.85. The molecule has 0 aromatic heterocycles. The molecule has 0 aromatic carbocycles. The first-order valence-electron chi connectivity index (χ1n) is 7.85. The molecule has 2 fully saturated rings. The lowest BCUT2D eigenvalue weighted by atomic mass is 9.81. The van der Waals surface area contributed by atoms with Crippen LogP contribution in [0, 0.1) is 5.41 Å². The fraction of sp³-hybridized carbons (Fsp3) is 1.00. The molecule has 3 heteroatoms. The summed E-state index contributed by atoms with van der Waals surface area (Å²) in [6, 6.07) is 0. The summed E-state index contributed by atoms with van der Waals surface area (Å²) in [4.78, 5) is 2.69. The predicted molar refractivity (Wildman–Crippen MR) is 75.9 cm³/mol. The van der Waals surface area contributed by atoms with E-state index in [1.165, 1.54) is 58.2 Å². The SMILES string of the molecule is CCNCC1(CN2CCCCCC2)CCCOC1. The molecule has 18 heavy (non-hydrogen) atoms. The highest BCUT2D eigenvalue weighted by Crippen LogP contribution is 2.30. The van der Waals surface area contributed by atoms with Crippen molar-refractivity contribution in [1.29, 1.82) is 0 Å². The molecule has 2 aliphatic heterocycles. The zero-order valence-electron chi connectivity index (χ0n) is 12.0. The molecule has 0 spiro atoms. The Morgan fingerprint density at radius 3 is 2.50 bits per heavy atom. The number of nitrogens with one attached hydrogen (secondary N) is 1. The summed E-state index contributed by atoms with van der Waals surface area (Å²) in [5.41, 5.74) is 0.374. The molecule has 2 heterocycles. The molecule has 2 rings (SSSR count). The summed E-state index contributed by atoms with van der Waals surface area (Å²) in [5.74, 6) is 0. The van der Waals surface area contributed by atoms with E-state index in [0.717, 1.165) is 26.3 Å². The van der Waals surface area contributed by atoms with Gasteiger partial charge in [-0.05, 0) is 45.3 Å². The molecule has 0 bridgehead atoms. The van der Waals surface area contributed by atoms with Crippen LogP contribution in [-0.2, 0) is 4.74 Å². The Morgan fingerprint density at radius 2 is 1.89 bits per heavy atom. The van der Waals surface area contributed by atoms with E-state index in [-0.39, 0.29) is 0 Å². The molecule has 3 nitrogen and oxygen atoms in total. The van der Waals surface area contributed by atoms with Crippen LogP contribution in [0.3, 0.4) is 0 Å².